The molecule has 2 aromatic carbocycles. The van der Waals surface area contributed by atoms with Crippen LogP contribution in [0.4, 0.5) is 15.8 Å². The van der Waals surface area contributed by atoms with Gasteiger partial charge in [-0.15, -0.1) is 0 Å². The van der Waals surface area contributed by atoms with E-state index in [1.54, 1.807) is 6.07 Å². The van der Waals surface area contributed by atoms with Gasteiger partial charge >= 0.3 is 5.97 Å². The number of esters is 1. The number of rotatable bonds is 6. The van der Waals surface area contributed by atoms with Crippen LogP contribution in [-0.4, -0.2) is 22.9 Å². The molecule has 7 nitrogen and oxygen atoms in total. The molecular weight excluding hydrogens is 367 g/mol. The number of carbonyl (C=O) groups is 2. The Morgan fingerprint density at radius 2 is 2.00 bits per heavy atom. The van der Waals surface area contributed by atoms with Crippen molar-refractivity contribution in [2.24, 2.45) is 0 Å². The van der Waals surface area contributed by atoms with E-state index in [2.05, 4.69) is 5.32 Å². The van der Waals surface area contributed by atoms with Crippen molar-refractivity contribution >= 4 is 34.9 Å². The van der Waals surface area contributed by atoms with Gasteiger partial charge in [0.15, 0.2) is 6.10 Å². The number of nitrogens with one attached hydrogen (secondary N) is 1. The third-order valence-electron chi connectivity index (χ3n) is 3.39. The number of hydrogen-bond acceptors (Lipinski definition) is 5. The molecule has 0 aliphatic heterocycles. The summed E-state index contributed by atoms with van der Waals surface area (Å²) in [5.74, 6) is -1.99. The highest BCUT2D eigenvalue weighted by Gasteiger charge is 2.20. The summed E-state index contributed by atoms with van der Waals surface area (Å²) in [7, 11) is 0. The molecule has 0 saturated carbocycles. The zero-order chi connectivity index (χ0) is 19.3. The first-order chi connectivity index (χ1) is 12.3. The highest BCUT2D eigenvalue weighted by Crippen LogP contribution is 2.26. The molecule has 0 heterocycles. The van der Waals surface area contributed by atoms with Gasteiger partial charge in [-0.25, -0.2) is 4.39 Å². The van der Waals surface area contributed by atoms with Crippen LogP contribution in [0.1, 0.15) is 12.5 Å². The van der Waals surface area contributed by atoms with Gasteiger partial charge in [0.25, 0.3) is 11.6 Å². The molecular formula is C17H14ClFN2O5. The molecule has 0 aromatic heterocycles. The average Bonchev–Trinajstić information content (AvgIpc) is 2.58. The van der Waals surface area contributed by atoms with Gasteiger partial charge in [-0.3, -0.25) is 19.7 Å². The molecule has 0 bridgehead atoms. The van der Waals surface area contributed by atoms with Gasteiger partial charge in [0.1, 0.15) is 5.82 Å². The maximum atomic E-state index is 13.5. The minimum absolute atomic E-state index is 0.0302. The quantitative estimate of drug-likeness (QED) is 0.469. The van der Waals surface area contributed by atoms with Gasteiger partial charge in [0.2, 0.25) is 0 Å². The summed E-state index contributed by atoms with van der Waals surface area (Å²) in [6.07, 6.45) is -1.48. The lowest BCUT2D eigenvalue weighted by atomic mass is 10.1. The van der Waals surface area contributed by atoms with E-state index in [1.165, 1.54) is 37.3 Å². The van der Waals surface area contributed by atoms with E-state index >= 15 is 0 Å². The fourth-order valence-electron chi connectivity index (χ4n) is 2.04. The van der Waals surface area contributed by atoms with Crippen molar-refractivity contribution in [3.63, 3.8) is 0 Å². The first-order valence-electron chi connectivity index (χ1n) is 7.45. The molecule has 136 valence electrons. The zero-order valence-corrected chi connectivity index (χ0v) is 14.3. The number of ether oxygens (including phenoxy) is 1. The zero-order valence-electron chi connectivity index (χ0n) is 13.6. The minimum Gasteiger partial charge on any atom is -0.452 e. The molecule has 9 heteroatoms. The second-order valence-electron chi connectivity index (χ2n) is 5.31. The molecule has 1 amide bonds. The number of halogens is 2. The van der Waals surface area contributed by atoms with Gasteiger partial charge in [-0.2, -0.15) is 0 Å². The minimum atomic E-state index is -1.17. The topological polar surface area (TPSA) is 98.5 Å². The van der Waals surface area contributed by atoms with Crippen molar-refractivity contribution in [1.82, 2.24) is 0 Å². The number of benzene rings is 2. The van der Waals surface area contributed by atoms with E-state index in [-0.39, 0.29) is 28.4 Å². The van der Waals surface area contributed by atoms with Crippen LogP contribution in [0.3, 0.4) is 0 Å². The number of nitro benzene ring substituents is 1. The summed E-state index contributed by atoms with van der Waals surface area (Å²) < 4.78 is 18.5. The summed E-state index contributed by atoms with van der Waals surface area (Å²) in [6, 6.07) is 9.27. The smallest absolute Gasteiger partial charge is 0.311 e. The third kappa shape index (κ3) is 5.00. The molecule has 26 heavy (non-hydrogen) atoms. The van der Waals surface area contributed by atoms with Crippen LogP contribution < -0.4 is 5.32 Å². The van der Waals surface area contributed by atoms with Gasteiger partial charge in [0.05, 0.1) is 22.1 Å². The van der Waals surface area contributed by atoms with E-state index in [4.69, 9.17) is 16.3 Å². The third-order valence-corrected chi connectivity index (χ3v) is 3.70. The van der Waals surface area contributed by atoms with Crippen LogP contribution >= 0.6 is 11.6 Å². The largest absolute Gasteiger partial charge is 0.452 e. The van der Waals surface area contributed by atoms with E-state index in [1.807, 2.05) is 0 Å². The number of nitro groups is 1. The second kappa shape index (κ2) is 8.39. The molecule has 1 unspecified atom stereocenters. The lowest BCUT2D eigenvalue weighted by Crippen LogP contribution is -2.30. The summed E-state index contributed by atoms with van der Waals surface area (Å²) in [5.41, 5.74) is 0.0696. The Kier molecular flexibility index (Phi) is 6.24. The maximum Gasteiger partial charge on any atom is 0.311 e. The fraction of sp³-hybridized carbons (Fsp3) is 0.176. The van der Waals surface area contributed by atoms with Crippen LogP contribution in [0.2, 0.25) is 5.02 Å². The van der Waals surface area contributed by atoms with E-state index < -0.39 is 28.7 Å². The highest BCUT2D eigenvalue weighted by atomic mass is 35.5. The molecule has 1 N–H and O–H groups in total. The Morgan fingerprint density at radius 3 is 2.62 bits per heavy atom. The van der Waals surface area contributed by atoms with E-state index in [0.717, 1.165) is 6.07 Å². The summed E-state index contributed by atoms with van der Waals surface area (Å²) in [5, 5.41) is 13.0. The first kappa shape index (κ1) is 19.3. The monoisotopic (exact) mass is 380 g/mol. The normalized spacial score (nSPS) is 11.5. The first-order valence-corrected chi connectivity index (χ1v) is 7.83. The van der Waals surface area contributed by atoms with Crippen LogP contribution in [-0.2, 0) is 20.7 Å². The van der Waals surface area contributed by atoms with Crippen molar-refractivity contribution in [2.45, 2.75) is 19.4 Å². The fourth-order valence-corrected chi connectivity index (χ4v) is 2.26. The summed E-state index contributed by atoms with van der Waals surface area (Å²) in [4.78, 5) is 34.0. The van der Waals surface area contributed by atoms with Crippen molar-refractivity contribution in [1.29, 1.82) is 0 Å². The molecule has 0 aliphatic rings. The number of nitrogens with zero attached hydrogens (tertiary/aromatic N) is 1. The lowest BCUT2D eigenvalue weighted by molar-refractivity contribution is -0.384. The predicted molar refractivity (Wildman–Crippen MR) is 92.4 cm³/mol. The van der Waals surface area contributed by atoms with Crippen molar-refractivity contribution in [2.75, 3.05) is 5.32 Å². The number of non-ortho nitro benzene ring substituents is 1. The number of anilines is 1. The lowest BCUT2D eigenvalue weighted by Gasteiger charge is -2.14. The Labute approximate surface area is 152 Å². The Balaban J connectivity index is 1.96. The summed E-state index contributed by atoms with van der Waals surface area (Å²) >= 11 is 5.88. The molecule has 0 spiro atoms. The van der Waals surface area contributed by atoms with Crippen LogP contribution in [0.15, 0.2) is 42.5 Å². The summed E-state index contributed by atoms with van der Waals surface area (Å²) in [6.45, 7) is 1.34. The van der Waals surface area contributed by atoms with Crippen LogP contribution in [0.5, 0.6) is 0 Å². The molecule has 2 rings (SSSR count). The Morgan fingerprint density at radius 1 is 1.31 bits per heavy atom. The SMILES string of the molecule is CC(OC(=O)Cc1ccccc1F)C(=O)Nc1ccc([N+](=O)[O-])cc1Cl. The van der Waals surface area contributed by atoms with E-state index in [0.29, 0.717) is 0 Å². The maximum absolute atomic E-state index is 13.5. The number of carbonyl (C=O) groups excluding carboxylic acids is 2. The average molecular weight is 381 g/mol. The standard InChI is InChI=1S/C17H14ClFN2O5/c1-10(26-16(22)8-11-4-2-3-5-14(11)19)17(23)20-15-7-6-12(21(24)25)9-13(15)18/h2-7,9-10H,8H2,1H3,(H,20,23). The molecule has 0 saturated heterocycles. The van der Waals surface area contributed by atoms with Crippen molar-refractivity contribution in [3.05, 3.63) is 69.0 Å². The molecule has 2 aromatic rings. The molecule has 0 aliphatic carbocycles. The van der Waals surface area contributed by atoms with Gasteiger partial charge in [0, 0.05) is 12.1 Å². The van der Waals surface area contributed by atoms with Gasteiger partial charge < -0.3 is 10.1 Å². The molecule has 0 fully saturated rings. The predicted octanol–water partition coefficient (Wildman–Crippen LogP) is 3.50. The molecule has 1 atom stereocenters. The highest BCUT2D eigenvalue weighted by molar-refractivity contribution is 6.34. The van der Waals surface area contributed by atoms with E-state index in [9.17, 15) is 24.1 Å². The van der Waals surface area contributed by atoms with Gasteiger partial charge in [-0.05, 0) is 24.6 Å². The number of amides is 1. The number of hydrogen-bond donors (Lipinski definition) is 1. The Bertz CT molecular complexity index is 859. The van der Waals surface area contributed by atoms with Crippen molar-refractivity contribution < 1.29 is 23.6 Å². The molecule has 0 radical (unpaired) electrons. The van der Waals surface area contributed by atoms with Crippen molar-refractivity contribution in [3.8, 4) is 0 Å². The second-order valence-corrected chi connectivity index (χ2v) is 5.72. The van der Waals surface area contributed by atoms with Gasteiger partial charge in [-0.1, -0.05) is 29.8 Å². The van der Waals surface area contributed by atoms with Crippen LogP contribution in [0, 0.1) is 15.9 Å². The Hall–Kier alpha value is -3.00. The van der Waals surface area contributed by atoms with Crippen LogP contribution in [0.25, 0.3) is 0 Å².